The normalized spacial score (nSPS) is 16.7. The number of rotatable bonds is 9. The number of likely N-dealkylation sites (N-methyl/N-ethyl adjacent to an activating group) is 1. The number of nitrogens with zero attached hydrogens (tertiary/aromatic N) is 3. The van der Waals surface area contributed by atoms with Crippen molar-refractivity contribution in [2.45, 2.75) is 25.7 Å². The monoisotopic (exact) mass is 583 g/mol. The van der Waals surface area contributed by atoms with Crippen LogP contribution < -0.4 is 10.6 Å². The second-order valence-electron chi connectivity index (χ2n) is 10.3. The van der Waals surface area contributed by atoms with Crippen molar-refractivity contribution in [2.75, 3.05) is 52.0 Å². The van der Waals surface area contributed by atoms with E-state index in [0.29, 0.717) is 60.4 Å². The standard InChI is InChI=1S/C29H34ClN5O6/c1-34(2)28(38)18-7-5-17(6-8-18)26(36)33-24-21-15-19(29(39)35(3)13-14-40-4)9-11-22(21)41-25(24)27(37)32-23-12-10-20(30)16-31-23/h9-12,15-18H,5-8,13-14H2,1-4H3,(H,33,36)(H,31,32,37). The first kappa shape index (κ1) is 30.0. The molecule has 2 N–H and O–H groups in total. The molecule has 2 aromatic heterocycles. The number of pyridine rings is 1. The number of fused-ring (bicyclic) bond motifs is 1. The lowest BCUT2D eigenvalue weighted by Gasteiger charge is -2.28. The maximum Gasteiger partial charge on any atom is 0.294 e. The van der Waals surface area contributed by atoms with Crippen LogP contribution in [0.4, 0.5) is 11.5 Å². The zero-order valence-corrected chi connectivity index (χ0v) is 24.3. The number of amides is 4. The van der Waals surface area contributed by atoms with E-state index in [1.54, 1.807) is 63.5 Å². The minimum absolute atomic E-state index is 0.0621. The topological polar surface area (TPSA) is 134 Å². The van der Waals surface area contributed by atoms with Gasteiger partial charge in [0.1, 0.15) is 17.1 Å². The Morgan fingerprint density at radius 2 is 1.73 bits per heavy atom. The molecule has 1 aliphatic carbocycles. The second kappa shape index (κ2) is 13.1. The lowest BCUT2D eigenvalue weighted by molar-refractivity contribution is -0.135. The summed E-state index contributed by atoms with van der Waals surface area (Å²) in [6.07, 6.45) is 3.67. The minimum Gasteiger partial charge on any atom is -0.449 e. The zero-order valence-electron chi connectivity index (χ0n) is 23.5. The fourth-order valence-electron chi connectivity index (χ4n) is 4.88. The van der Waals surface area contributed by atoms with E-state index in [9.17, 15) is 19.2 Å². The van der Waals surface area contributed by atoms with Gasteiger partial charge in [-0.25, -0.2) is 4.98 Å². The Bertz CT molecular complexity index is 1430. The lowest BCUT2D eigenvalue weighted by Crippen LogP contribution is -2.35. The highest BCUT2D eigenvalue weighted by Crippen LogP contribution is 2.35. The highest BCUT2D eigenvalue weighted by molar-refractivity contribution is 6.30. The highest BCUT2D eigenvalue weighted by atomic mass is 35.5. The Morgan fingerprint density at radius 1 is 1.02 bits per heavy atom. The van der Waals surface area contributed by atoms with Crippen LogP contribution in [-0.2, 0) is 14.3 Å². The molecule has 2 heterocycles. The molecule has 4 amide bonds. The van der Waals surface area contributed by atoms with E-state index in [0.717, 1.165) is 0 Å². The Balaban J connectivity index is 1.63. The van der Waals surface area contributed by atoms with Crippen LogP contribution in [0.15, 0.2) is 40.9 Å². The molecule has 0 aliphatic heterocycles. The van der Waals surface area contributed by atoms with Gasteiger partial charge in [0.05, 0.1) is 11.6 Å². The van der Waals surface area contributed by atoms with Crippen molar-refractivity contribution >= 4 is 57.7 Å². The van der Waals surface area contributed by atoms with Gasteiger partial charge in [0.25, 0.3) is 11.8 Å². The van der Waals surface area contributed by atoms with Gasteiger partial charge in [-0.2, -0.15) is 0 Å². The number of ether oxygens (including phenoxy) is 1. The molecule has 1 aliphatic rings. The van der Waals surface area contributed by atoms with Crippen molar-refractivity contribution < 1.29 is 28.3 Å². The molecule has 1 aromatic carbocycles. The van der Waals surface area contributed by atoms with Crippen molar-refractivity contribution in [3.63, 3.8) is 0 Å². The van der Waals surface area contributed by atoms with E-state index in [1.807, 2.05) is 0 Å². The average molecular weight is 584 g/mol. The minimum atomic E-state index is -0.628. The third-order valence-electron chi connectivity index (χ3n) is 7.22. The van der Waals surface area contributed by atoms with Gasteiger partial charge < -0.3 is 29.6 Å². The van der Waals surface area contributed by atoms with Crippen LogP contribution in [0.1, 0.15) is 46.6 Å². The van der Waals surface area contributed by atoms with Crippen molar-refractivity contribution in [1.82, 2.24) is 14.8 Å². The Morgan fingerprint density at radius 3 is 2.37 bits per heavy atom. The first-order valence-corrected chi connectivity index (χ1v) is 13.7. The Kier molecular flexibility index (Phi) is 9.61. The predicted molar refractivity (Wildman–Crippen MR) is 155 cm³/mol. The highest BCUT2D eigenvalue weighted by Gasteiger charge is 2.32. The SMILES string of the molecule is COCCN(C)C(=O)c1ccc2oc(C(=O)Nc3ccc(Cl)cn3)c(NC(=O)C3CCC(C(=O)N(C)C)CC3)c2c1. The van der Waals surface area contributed by atoms with Gasteiger partial charge in [0.15, 0.2) is 0 Å². The number of hydrogen-bond donors (Lipinski definition) is 2. The van der Waals surface area contributed by atoms with Crippen LogP contribution in [0, 0.1) is 11.8 Å². The number of halogens is 1. The van der Waals surface area contributed by atoms with Crippen molar-refractivity contribution in [2.24, 2.45) is 11.8 Å². The van der Waals surface area contributed by atoms with Crippen LogP contribution in [0.25, 0.3) is 11.0 Å². The molecule has 0 spiro atoms. The van der Waals surface area contributed by atoms with Crippen LogP contribution in [0.2, 0.25) is 5.02 Å². The molecular weight excluding hydrogens is 550 g/mol. The van der Waals surface area contributed by atoms with E-state index < -0.39 is 5.91 Å². The molecular formula is C29H34ClN5O6. The summed E-state index contributed by atoms with van der Waals surface area (Å²) < 4.78 is 11.0. The van der Waals surface area contributed by atoms with Gasteiger partial charge in [0, 0.05) is 63.8 Å². The molecule has 218 valence electrons. The lowest BCUT2D eigenvalue weighted by atomic mass is 9.81. The van der Waals surface area contributed by atoms with Gasteiger partial charge in [0.2, 0.25) is 17.6 Å². The number of hydrogen-bond acceptors (Lipinski definition) is 7. The molecule has 12 heteroatoms. The van der Waals surface area contributed by atoms with Gasteiger partial charge in [-0.3, -0.25) is 19.2 Å². The number of aromatic nitrogens is 1. The van der Waals surface area contributed by atoms with Gasteiger partial charge >= 0.3 is 0 Å². The first-order chi connectivity index (χ1) is 19.6. The summed E-state index contributed by atoms with van der Waals surface area (Å²) in [5, 5.41) is 6.39. The van der Waals surface area contributed by atoms with Crippen LogP contribution in [0.3, 0.4) is 0 Å². The van der Waals surface area contributed by atoms with Crippen molar-refractivity contribution in [1.29, 1.82) is 0 Å². The molecule has 11 nitrogen and oxygen atoms in total. The number of nitrogens with one attached hydrogen (secondary N) is 2. The smallest absolute Gasteiger partial charge is 0.294 e. The van der Waals surface area contributed by atoms with Gasteiger partial charge in [-0.1, -0.05) is 11.6 Å². The maximum atomic E-state index is 13.4. The van der Waals surface area contributed by atoms with Crippen LogP contribution >= 0.6 is 11.6 Å². The molecule has 0 radical (unpaired) electrons. The van der Waals surface area contributed by atoms with Crippen molar-refractivity contribution in [3.8, 4) is 0 Å². The molecule has 1 saturated carbocycles. The second-order valence-corrected chi connectivity index (χ2v) is 10.8. The largest absolute Gasteiger partial charge is 0.449 e. The molecule has 1 fully saturated rings. The summed E-state index contributed by atoms with van der Waals surface area (Å²) >= 11 is 5.91. The average Bonchev–Trinajstić information content (AvgIpc) is 3.33. The van der Waals surface area contributed by atoms with Gasteiger partial charge in [-0.15, -0.1) is 0 Å². The molecule has 4 rings (SSSR count). The maximum absolute atomic E-state index is 13.4. The van der Waals surface area contributed by atoms with E-state index >= 15 is 0 Å². The third-order valence-corrected chi connectivity index (χ3v) is 7.45. The predicted octanol–water partition coefficient (Wildman–Crippen LogP) is 4.29. The number of furan rings is 1. The first-order valence-electron chi connectivity index (χ1n) is 13.3. The fourth-order valence-corrected chi connectivity index (χ4v) is 4.99. The summed E-state index contributed by atoms with van der Waals surface area (Å²) in [6.45, 7) is 0.770. The van der Waals surface area contributed by atoms with Gasteiger partial charge in [-0.05, 0) is 56.0 Å². The summed E-state index contributed by atoms with van der Waals surface area (Å²) in [5.41, 5.74) is 0.851. The number of carbonyl (C=O) groups excluding carboxylic acids is 4. The number of anilines is 2. The van der Waals surface area contributed by atoms with Crippen molar-refractivity contribution in [3.05, 3.63) is 52.9 Å². The summed E-state index contributed by atoms with van der Waals surface area (Å²) in [5.74, 6) is -1.43. The number of benzene rings is 1. The molecule has 3 aromatic rings. The third kappa shape index (κ3) is 7.04. The van der Waals surface area contributed by atoms with E-state index in [1.165, 1.54) is 11.1 Å². The number of carbonyl (C=O) groups is 4. The van der Waals surface area contributed by atoms with E-state index in [-0.39, 0.29) is 46.8 Å². The Labute approximate surface area is 243 Å². The quantitative estimate of drug-likeness (QED) is 0.384. The van der Waals surface area contributed by atoms with Crippen LogP contribution in [0.5, 0.6) is 0 Å². The summed E-state index contributed by atoms with van der Waals surface area (Å²) in [7, 11) is 6.68. The number of methoxy groups -OCH3 is 1. The van der Waals surface area contributed by atoms with Crippen LogP contribution in [-0.4, -0.2) is 79.8 Å². The summed E-state index contributed by atoms with van der Waals surface area (Å²) in [6, 6.07) is 7.93. The van der Waals surface area contributed by atoms with E-state index in [2.05, 4.69) is 15.6 Å². The molecule has 0 unspecified atom stereocenters. The zero-order chi connectivity index (χ0) is 29.7. The summed E-state index contributed by atoms with van der Waals surface area (Å²) in [4.78, 5) is 59.4. The molecule has 0 saturated heterocycles. The Hall–Kier alpha value is -3.96. The fraction of sp³-hybridized carbons (Fsp3) is 0.414. The molecule has 0 atom stereocenters. The van der Waals surface area contributed by atoms with E-state index in [4.69, 9.17) is 20.8 Å². The molecule has 41 heavy (non-hydrogen) atoms. The molecule has 0 bridgehead atoms.